The van der Waals surface area contributed by atoms with E-state index in [9.17, 15) is 9.59 Å². The van der Waals surface area contributed by atoms with E-state index in [1.54, 1.807) is 9.80 Å². The number of hydrogen-bond acceptors (Lipinski definition) is 5. The van der Waals surface area contributed by atoms with Gasteiger partial charge in [-0.15, -0.1) is 0 Å². The normalized spacial score (nSPS) is 19.0. The molecule has 0 bridgehead atoms. The van der Waals surface area contributed by atoms with E-state index in [4.69, 9.17) is 9.47 Å². The van der Waals surface area contributed by atoms with Crippen molar-refractivity contribution in [3.63, 3.8) is 0 Å². The maximum atomic E-state index is 13.5. The van der Waals surface area contributed by atoms with Gasteiger partial charge in [-0.2, -0.15) is 0 Å². The summed E-state index contributed by atoms with van der Waals surface area (Å²) >= 11 is 3.48. The number of halogens is 1. The number of aromatic amines is 1. The number of H-pyrrole nitrogens is 1. The first-order chi connectivity index (χ1) is 15.5. The number of morpholine rings is 1. The summed E-state index contributed by atoms with van der Waals surface area (Å²) in [5, 5.41) is 0. The largest absolute Gasteiger partial charge is 0.370 e. The predicted octanol–water partition coefficient (Wildman–Crippen LogP) is 3.84. The minimum atomic E-state index is -0.504. The first-order valence-corrected chi connectivity index (χ1v) is 11.4. The van der Waals surface area contributed by atoms with Gasteiger partial charge in [0, 0.05) is 23.3 Å². The SMILES string of the molecule is Cc1cc(N(C(=O)C2CCCO2)c2nc3ccc(Br)cc3[nH]2)ccc1N1CCOCC1=O. The van der Waals surface area contributed by atoms with E-state index in [0.29, 0.717) is 37.8 Å². The smallest absolute Gasteiger partial charge is 0.263 e. The van der Waals surface area contributed by atoms with E-state index >= 15 is 0 Å². The van der Waals surface area contributed by atoms with Crippen molar-refractivity contribution in [2.24, 2.45) is 0 Å². The van der Waals surface area contributed by atoms with Crippen molar-refractivity contribution in [3.8, 4) is 0 Å². The second kappa shape index (κ2) is 8.65. The van der Waals surface area contributed by atoms with Crippen molar-refractivity contribution in [2.45, 2.75) is 25.9 Å². The molecular formula is C23H23BrN4O4. The van der Waals surface area contributed by atoms with Crippen molar-refractivity contribution in [2.75, 3.05) is 36.2 Å². The second-order valence-electron chi connectivity index (χ2n) is 7.97. The Morgan fingerprint density at radius 1 is 1.25 bits per heavy atom. The van der Waals surface area contributed by atoms with Crippen LogP contribution in [0.5, 0.6) is 0 Å². The van der Waals surface area contributed by atoms with E-state index in [1.807, 2.05) is 43.3 Å². The monoisotopic (exact) mass is 498 g/mol. The van der Waals surface area contributed by atoms with Gasteiger partial charge in [-0.25, -0.2) is 9.88 Å². The van der Waals surface area contributed by atoms with Crippen LogP contribution >= 0.6 is 15.9 Å². The lowest BCUT2D eigenvalue weighted by Crippen LogP contribution is -2.42. The third-order valence-electron chi connectivity index (χ3n) is 5.78. The number of nitrogens with one attached hydrogen (secondary N) is 1. The number of benzene rings is 2. The van der Waals surface area contributed by atoms with Crippen molar-refractivity contribution in [3.05, 3.63) is 46.4 Å². The predicted molar refractivity (Wildman–Crippen MR) is 124 cm³/mol. The Balaban J connectivity index is 1.55. The van der Waals surface area contributed by atoms with Gasteiger partial charge in [0.1, 0.15) is 12.7 Å². The van der Waals surface area contributed by atoms with Crippen molar-refractivity contribution >= 4 is 56.1 Å². The average Bonchev–Trinajstić information content (AvgIpc) is 3.44. The molecule has 166 valence electrons. The highest BCUT2D eigenvalue weighted by Crippen LogP contribution is 2.33. The van der Waals surface area contributed by atoms with E-state index in [2.05, 4.69) is 25.9 Å². The van der Waals surface area contributed by atoms with Gasteiger partial charge in [0.05, 0.1) is 23.3 Å². The van der Waals surface area contributed by atoms with Crippen LogP contribution in [-0.4, -0.2) is 54.3 Å². The third kappa shape index (κ3) is 3.92. The summed E-state index contributed by atoms with van der Waals surface area (Å²) in [5.41, 5.74) is 3.97. The molecule has 1 N–H and O–H groups in total. The molecule has 0 radical (unpaired) electrons. The quantitative estimate of drug-likeness (QED) is 0.590. The number of anilines is 3. The van der Waals surface area contributed by atoms with Crippen molar-refractivity contribution in [1.82, 2.24) is 9.97 Å². The number of imidazole rings is 1. The number of aryl methyl sites for hydroxylation is 1. The standard InChI is InChI=1S/C23H23BrN4O4/c1-14-11-16(5-7-19(14)27-8-10-31-13-21(27)29)28(22(30)20-3-2-9-32-20)23-25-17-6-4-15(24)12-18(17)26-23/h4-7,11-12,20H,2-3,8-10,13H2,1H3,(H,25,26). The van der Waals surface area contributed by atoms with Gasteiger partial charge in [-0.05, 0) is 61.7 Å². The maximum absolute atomic E-state index is 13.5. The molecule has 32 heavy (non-hydrogen) atoms. The number of hydrogen-bond donors (Lipinski definition) is 1. The Bertz CT molecular complexity index is 1190. The maximum Gasteiger partial charge on any atom is 0.263 e. The number of amides is 2. The van der Waals surface area contributed by atoms with Gasteiger partial charge < -0.3 is 19.4 Å². The highest BCUT2D eigenvalue weighted by molar-refractivity contribution is 9.10. The fraction of sp³-hybridized carbons (Fsp3) is 0.348. The molecule has 0 spiro atoms. The number of aromatic nitrogens is 2. The zero-order valence-corrected chi connectivity index (χ0v) is 19.2. The van der Waals surface area contributed by atoms with E-state index in [1.165, 1.54) is 0 Å². The Hall–Kier alpha value is -2.75. The molecule has 9 heteroatoms. The van der Waals surface area contributed by atoms with Crippen LogP contribution in [0.4, 0.5) is 17.3 Å². The van der Waals surface area contributed by atoms with Crippen molar-refractivity contribution < 1.29 is 19.1 Å². The molecule has 2 aromatic carbocycles. The van der Waals surface area contributed by atoms with Crippen molar-refractivity contribution in [1.29, 1.82) is 0 Å². The first-order valence-electron chi connectivity index (χ1n) is 10.6. The van der Waals surface area contributed by atoms with Gasteiger partial charge in [0.2, 0.25) is 5.95 Å². The molecule has 1 atom stereocenters. The lowest BCUT2D eigenvalue weighted by Gasteiger charge is -2.29. The highest BCUT2D eigenvalue weighted by Gasteiger charge is 2.32. The van der Waals surface area contributed by atoms with Gasteiger partial charge in [-0.1, -0.05) is 15.9 Å². The zero-order chi connectivity index (χ0) is 22.2. The Kier molecular flexibility index (Phi) is 5.71. The zero-order valence-electron chi connectivity index (χ0n) is 17.6. The topological polar surface area (TPSA) is 87.8 Å². The summed E-state index contributed by atoms with van der Waals surface area (Å²) in [4.78, 5) is 37.0. The van der Waals surface area contributed by atoms with Gasteiger partial charge in [-0.3, -0.25) is 9.59 Å². The Morgan fingerprint density at radius 2 is 2.12 bits per heavy atom. The van der Waals surface area contributed by atoms with Crippen LogP contribution in [0.3, 0.4) is 0 Å². The van der Waals surface area contributed by atoms with E-state index in [0.717, 1.165) is 33.2 Å². The van der Waals surface area contributed by atoms with Crippen LogP contribution in [-0.2, 0) is 19.1 Å². The molecule has 2 aliphatic rings. The fourth-order valence-corrected chi connectivity index (χ4v) is 4.56. The summed E-state index contributed by atoms with van der Waals surface area (Å²) < 4.78 is 11.9. The molecule has 8 nitrogen and oxygen atoms in total. The second-order valence-corrected chi connectivity index (χ2v) is 8.88. The average molecular weight is 499 g/mol. The van der Waals surface area contributed by atoms with Crippen LogP contribution in [0.25, 0.3) is 11.0 Å². The summed E-state index contributed by atoms with van der Waals surface area (Å²) in [6, 6.07) is 11.4. The van der Waals surface area contributed by atoms with Crippen LogP contribution in [0.15, 0.2) is 40.9 Å². The summed E-state index contributed by atoms with van der Waals surface area (Å²) in [6.07, 6.45) is 1.03. The Labute approximate surface area is 193 Å². The summed E-state index contributed by atoms with van der Waals surface area (Å²) in [6.45, 7) is 3.61. The molecule has 1 aromatic heterocycles. The Morgan fingerprint density at radius 3 is 2.88 bits per heavy atom. The molecule has 5 rings (SSSR count). The molecule has 1 unspecified atom stereocenters. The van der Waals surface area contributed by atoms with Gasteiger partial charge >= 0.3 is 0 Å². The molecular weight excluding hydrogens is 476 g/mol. The third-order valence-corrected chi connectivity index (χ3v) is 6.28. The molecule has 0 saturated carbocycles. The molecule has 3 heterocycles. The summed E-state index contributed by atoms with van der Waals surface area (Å²) in [5.74, 6) is 0.214. The minimum Gasteiger partial charge on any atom is -0.370 e. The fourth-order valence-electron chi connectivity index (χ4n) is 4.20. The van der Waals surface area contributed by atoms with Crippen LogP contribution < -0.4 is 9.80 Å². The highest BCUT2D eigenvalue weighted by atomic mass is 79.9. The molecule has 3 aromatic rings. The minimum absolute atomic E-state index is 0.0674. The molecule has 2 fully saturated rings. The number of rotatable bonds is 4. The molecule has 2 aliphatic heterocycles. The number of nitrogens with zero attached hydrogens (tertiary/aromatic N) is 3. The number of carbonyl (C=O) groups excluding carboxylic acids is 2. The molecule has 2 amide bonds. The number of fused-ring (bicyclic) bond motifs is 1. The summed E-state index contributed by atoms with van der Waals surface area (Å²) in [7, 11) is 0. The lowest BCUT2D eigenvalue weighted by atomic mass is 10.1. The lowest BCUT2D eigenvalue weighted by molar-refractivity contribution is -0.127. The van der Waals surface area contributed by atoms with E-state index < -0.39 is 6.10 Å². The number of carbonyl (C=O) groups is 2. The van der Waals surface area contributed by atoms with Crippen LogP contribution in [0.1, 0.15) is 18.4 Å². The number of ether oxygens (including phenoxy) is 2. The van der Waals surface area contributed by atoms with Gasteiger partial charge in [0.15, 0.2) is 0 Å². The van der Waals surface area contributed by atoms with Crippen LogP contribution in [0, 0.1) is 6.92 Å². The first kappa shape index (κ1) is 21.1. The van der Waals surface area contributed by atoms with E-state index in [-0.39, 0.29) is 18.4 Å². The molecule has 0 aliphatic carbocycles. The van der Waals surface area contributed by atoms with Crippen LogP contribution in [0.2, 0.25) is 0 Å². The molecule has 2 saturated heterocycles. The van der Waals surface area contributed by atoms with Gasteiger partial charge in [0.25, 0.3) is 11.8 Å².